The van der Waals surface area contributed by atoms with Crippen LogP contribution in [0.3, 0.4) is 0 Å². The van der Waals surface area contributed by atoms with Gasteiger partial charge in [0.25, 0.3) is 0 Å². The summed E-state index contributed by atoms with van der Waals surface area (Å²) in [5, 5.41) is 0. The van der Waals surface area contributed by atoms with Gasteiger partial charge in [0.05, 0.1) is 11.4 Å². The lowest BCUT2D eigenvalue weighted by atomic mass is 9.86. The molecular formula is C28H41N3S. The van der Waals surface area contributed by atoms with Crippen LogP contribution in [0.4, 0.5) is 11.4 Å². The Hall–Kier alpha value is -1.49. The maximum atomic E-state index is 2.63. The fraction of sp³-hybridized carbons (Fsp3) is 0.571. The smallest absolute Gasteiger partial charge is 0.0553 e. The van der Waals surface area contributed by atoms with E-state index < -0.39 is 0 Å². The average Bonchev–Trinajstić information content (AvgIpc) is 2.72. The summed E-state index contributed by atoms with van der Waals surface area (Å²) in [6.07, 6.45) is 1.19. The van der Waals surface area contributed by atoms with Crippen molar-refractivity contribution in [1.82, 2.24) is 9.80 Å². The lowest BCUT2D eigenvalue weighted by molar-refractivity contribution is 0.153. The molecule has 2 aromatic rings. The number of hydrogen-bond donors (Lipinski definition) is 0. The Balaban J connectivity index is 1.61. The maximum absolute atomic E-state index is 2.63. The Kier molecular flexibility index (Phi) is 6.68. The van der Waals surface area contributed by atoms with E-state index in [0.717, 1.165) is 6.54 Å². The van der Waals surface area contributed by atoms with E-state index in [1.54, 1.807) is 0 Å². The molecule has 1 fully saturated rings. The van der Waals surface area contributed by atoms with Crippen LogP contribution in [-0.2, 0) is 10.8 Å². The Morgan fingerprint density at radius 3 is 1.69 bits per heavy atom. The second-order valence-corrected chi connectivity index (χ2v) is 12.7. The van der Waals surface area contributed by atoms with Crippen LogP contribution in [0, 0.1) is 0 Å². The number of likely N-dealkylation sites (N-methyl/N-ethyl adjacent to an activating group) is 1. The highest BCUT2D eigenvalue weighted by molar-refractivity contribution is 7.99. The molecule has 0 unspecified atom stereocenters. The summed E-state index contributed by atoms with van der Waals surface area (Å²) in [5.41, 5.74) is 5.90. The second kappa shape index (κ2) is 9.04. The van der Waals surface area contributed by atoms with Gasteiger partial charge in [-0.05, 0) is 66.2 Å². The predicted octanol–water partition coefficient (Wildman–Crippen LogP) is 6.52. The summed E-state index contributed by atoms with van der Waals surface area (Å²) in [7, 11) is 2.23. The number of benzene rings is 2. The minimum Gasteiger partial charge on any atom is -0.340 e. The lowest BCUT2D eigenvalue weighted by Gasteiger charge is -2.36. The largest absolute Gasteiger partial charge is 0.340 e. The average molecular weight is 452 g/mol. The molecule has 3 nitrogen and oxygen atoms in total. The molecule has 0 atom stereocenters. The first-order chi connectivity index (χ1) is 15.0. The fourth-order valence-electron chi connectivity index (χ4n) is 4.58. The van der Waals surface area contributed by atoms with E-state index >= 15 is 0 Å². The van der Waals surface area contributed by atoms with Crippen molar-refractivity contribution in [2.24, 2.45) is 0 Å². The predicted molar refractivity (Wildman–Crippen MR) is 140 cm³/mol. The van der Waals surface area contributed by atoms with E-state index in [1.807, 2.05) is 11.8 Å². The van der Waals surface area contributed by atoms with Gasteiger partial charge < -0.3 is 14.7 Å². The number of piperazine rings is 1. The first-order valence-electron chi connectivity index (χ1n) is 12.2. The molecule has 1 saturated heterocycles. The first kappa shape index (κ1) is 23.7. The molecule has 0 aliphatic carbocycles. The van der Waals surface area contributed by atoms with Crippen LogP contribution in [0.25, 0.3) is 0 Å². The number of anilines is 2. The SMILES string of the molecule is CN1CCN(CCCN2c3ccc(C(C)(C)C)cc3Sc3cc(C(C)(C)C)ccc32)CC1. The normalized spacial score (nSPS) is 17.9. The standard InChI is InChI=1S/C28H41N3S/c1-27(2,3)21-9-11-23-25(19-21)32-26-20-22(28(4,5)6)10-12-24(26)31(23)14-8-13-30-17-15-29(7)16-18-30/h9-12,19-20H,8,13-18H2,1-7H3. The van der Waals surface area contributed by atoms with E-state index in [0.29, 0.717) is 0 Å². The van der Waals surface area contributed by atoms with Gasteiger partial charge in [-0.1, -0.05) is 65.4 Å². The Morgan fingerprint density at radius 1 is 0.719 bits per heavy atom. The van der Waals surface area contributed by atoms with Crippen molar-refractivity contribution in [2.75, 3.05) is 51.2 Å². The number of rotatable bonds is 4. The molecule has 2 aliphatic heterocycles. The molecule has 0 saturated carbocycles. The van der Waals surface area contributed by atoms with Gasteiger partial charge in [-0.25, -0.2) is 0 Å². The molecular weight excluding hydrogens is 410 g/mol. The second-order valence-electron chi connectivity index (χ2n) is 11.6. The van der Waals surface area contributed by atoms with Gasteiger partial charge in [0.15, 0.2) is 0 Å². The van der Waals surface area contributed by atoms with Crippen LogP contribution in [0.5, 0.6) is 0 Å². The molecule has 0 amide bonds. The van der Waals surface area contributed by atoms with Gasteiger partial charge >= 0.3 is 0 Å². The molecule has 0 bridgehead atoms. The van der Waals surface area contributed by atoms with Gasteiger partial charge in [-0.2, -0.15) is 0 Å². The van der Waals surface area contributed by atoms with Crippen molar-refractivity contribution in [1.29, 1.82) is 0 Å². The third-order valence-electron chi connectivity index (χ3n) is 6.91. The van der Waals surface area contributed by atoms with Crippen molar-refractivity contribution >= 4 is 23.1 Å². The van der Waals surface area contributed by atoms with Crippen LogP contribution in [0.2, 0.25) is 0 Å². The highest BCUT2D eigenvalue weighted by atomic mass is 32.2. The van der Waals surface area contributed by atoms with Gasteiger partial charge in [0.2, 0.25) is 0 Å². The monoisotopic (exact) mass is 451 g/mol. The van der Waals surface area contributed by atoms with E-state index in [-0.39, 0.29) is 10.8 Å². The van der Waals surface area contributed by atoms with Gasteiger partial charge in [0, 0.05) is 42.5 Å². The molecule has 0 spiro atoms. The van der Waals surface area contributed by atoms with Crippen molar-refractivity contribution in [3.05, 3.63) is 47.5 Å². The highest BCUT2D eigenvalue weighted by Crippen LogP contribution is 2.50. The van der Waals surface area contributed by atoms with Crippen LogP contribution in [0.15, 0.2) is 46.2 Å². The summed E-state index contributed by atoms with van der Waals surface area (Å²) in [4.78, 5) is 10.4. The lowest BCUT2D eigenvalue weighted by Crippen LogP contribution is -2.45. The zero-order valence-corrected chi connectivity index (χ0v) is 22.0. The minimum absolute atomic E-state index is 0.162. The van der Waals surface area contributed by atoms with Gasteiger partial charge in [-0.3, -0.25) is 0 Å². The van der Waals surface area contributed by atoms with Crippen LogP contribution < -0.4 is 4.90 Å². The zero-order chi connectivity index (χ0) is 23.1. The van der Waals surface area contributed by atoms with E-state index in [4.69, 9.17) is 0 Å². The summed E-state index contributed by atoms with van der Waals surface area (Å²) < 4.78 is 0. The fourth-order valence-corrected chi connectivity index (χ4v) is 5.76. The van der Waals surface area contributed by atoms with Crippen molar-refractivity contribution in [3.63, 3.8) is 0 Å². The first-order valence-corrected chi connectivity index (χ1v) is 13.0. The van der Waals surface area contributed by atoms with Crippen LogP contribution >= 0.6 is 11.8 Å². The molecule has 2 aromatic carbocycles. The molecule has 2 heterocycles. The van der Waals surface area contributed by atoms with E-state index in [2.05, 4.69) is 99.7 Å². The Morgan fingerprint density at radius 2 is 1.22 bits per heavy atom. The Labute approximate surface area is 200 Å². The minimum atomic E-state index is 0.162. The van der Waals surface area contributed by atoms with E-state index in [9.17, 15) is 0 Å². The molecule has 174 valence electrons. The molecule has 0 N–H and O–H groups in total. The van der Waals surface area contributed by atoms with E-state index in [1.165, 1.54) is 71.4 Å². The summed E-state index contributed by atoms with van der Waals surface area (Å²) >= 11 is 1.95. The van der Waals surface area contributed by atoms with Gasteiger partial charge in [0.1, 0.15) is 0 Å². The highest BCUT2D eigenvalue weighted by Gasteiger charge is 2.27. The topological polar surface area (TPSA) is 9.72 Å². The molecule has 4 rings (SSSR count). The van der Waals surface area contributed by atoms with Gasteiger partial charge in [-0.15, -0.1) is 0 Å². The summed E-state index contributed by atoms with van der Waals surface area (Å²) in [6, 6.07) is 14.3. The molecule has 4 heteroatoms. The van der Waals surface area contributed by atoms with Crippen molar-refractivity contribution in [2.45, 2.75) is 68.6 Å². The van der Waals surface area contributed by atoms with Crippen LogP contribution in [-0.4, -0.2) is 56.1 Å². The van der Waals surface area contributed by atoms with Crippen molar-refractivity contribution in [3.8, 4) is 0 Å². The zero-order valence-electron chi connectivity index (χ0n) is 21.2. The summed E-state index contributed by atoms with van der Waals surface area (Å²) in [5.74, 6) is 0. The molecule has 2 aliphatic rings. The number of fused-ring (bicyclic) bond motifs is 2. The molecule has 32 heavy (non-hydrogen) atoms. The number of hydrogen-bond acceptors (Lipinski definition) is 4. The van der Waals surface area contributed by atoms with Crippen molar-refractivity contribution < 1.29 is 0 Å². The third-order valence-corrected chi connectivity index (χ3v) is 8.00. The molecule has 0 radical (unpaired) electrons. The number of nitrogens with zero attached hydrogens (tertiary/aromatic N) is 3. The maximum Gasteiger partial charge on any atom is 0.0553 e. The third kappa shape index (κ3) is 5.18. The molecule has 0 aromatic heterocycles. The summed E-state index contributed by atoms with van der Waals surface area (Å²) in [6.45, 7) is 20.9. The quantitative estimate of drug-likeness (QED) is 0.523. The Bertz CT molecular complexity index is 883. The van der Waals surface area contributed by atoms with Crippen LogP contribution in [0.1, 0.15) is 59.1 Å².